The molecule has 142 valence electrons. The molecule has 27 heavy (non-hydrogen) atoms. The number of likely N-dealkylation sites (N-methyl/N-ethyl adjacent to an activating group) is 1. The highest BCUT2D eigenvalue weighted by atomic mass is 19.4. The molecular formula is C18H19F3N6. The van der Waals surface area contributed by atoms with Crippen molar-refractivity contribution < 1.29 is 13.2 Å². The summed E-state index contributed by atoms with van der Waals surface area (Å²) in [5.74, 6) is 0.897. The van der Waals surface area contributed by atoms with E-state index in [1.165, 1.54) is 18.5 Å². The number of anilines is 2. The molecule has 0 spiro atoms. The van der Waals surface area contributed by atoms with E-state index in [0.717, 1.165) is 6.07 Å². The number of rotatable bonds is 5. The van der Waals surface area contributed by atoms with E-state index in [9.17, 15) is 13.2 Å². The molecule has 0 amide bonds. The van der Waals surface area contributed by atoms with Gasteiger partial charge < -0.3 is 16.0 Å². The van der Waals surface area contributed by atoms with Crippen LogP contribution in [0.25, 0.3) is 11.0 Å². The van der Waals surface area contributed by atoms with Crippen LogP contribution >= 0.6 is 0 Å². The van der Waals surface area contributed by atoms with Crippen molar-refractivity contribution in [3.63, 3.8) is 0 Å². The van der Waals surface area contributed by atoms with E-state index in [2.05, 4.69) is 20.3 Å². The van der Waals surface area contributed by atoms with Crippen LogP contribution < -0.4 is 11.1 Å². The predicted octanol–water partition coefficient (Wildman–Crippen LogP) is 3.34. The van der Waals surface area contributed by atoms with Crippen molar-refractivity contribution in [2.24, 2.45) is 0 Å². The molecule has 1 unspecified atom stereocenters. The van der Waals surface area contributed by atoms with Gasteiger partial charge in [0.25, 0.3) is 0 Å². The van der Waals surface area contributed by atoms with E-state index in [1.54, 1.807) is 18.2 Å². The smallest absolute Gasteiger partial charge is 0.384 e. The summed E-state index contributed by atoms with van der Waals surface area (Å²) in [7, 11) is 3.62. The number of pyridine rings is 1. The van der Waals surface area contributed by atoms with Crippen molar-refractivity contribution >= 4 is 22.7 Å². The van der Waals surface area contributed by atoms with E-state index < -0.39 is 11.7 Å². The molecule has 9 heteroatoms. The highest BCUT2D eigenvalue weighted by Gasteiger charge is 2.31. The zero-order valence-electron chi connectivity index (χ0n) is 14.8. The summed E-state index contributed by atoms with van der Waals surface area (Å²) in [5.41, 5.74) is 6.01. The Hall–Kier alpha value is -2.94. The highest BCUT2D eigenvalue weighted by Crippen LogP contribution is 2.31. The Morgan fingerprint density at radius 2 is 1.93 bits per heavy atom. The summed E-state index contributed by atoms with van der Waals surface area (Å²) in [4.78, 5) is 14.3. The summed E-state index contributed by atoms with van der Waals surface area (Å²) >= 11 is 0. The van der Waals surface area contributed by atoms with Crippen molar-refractivity contribution in [2.75, 3.05) is 31.7 Å². The maximum atomic E-state index is 13.0. The molecule has 3 aromatic rings. The minimum atomic E-state index is -4.38. The van der Waals surface area contributed by atoms with Gasteiger partial charge in [0.05, 0.1) is 17.0 Å². The molecule has 6 nitrogen and oxygen atoms in total. The summed E-state index contributed by atoms with van der Waals surface area (Å²) in [5, 5.41) is 3.88. The fraction of sp³-hybridized carbons (Fsp3) is 0.278. The van der Waals surface area contributed by atoms with Crippen molar-refractivity contribution in [2.45, 2.75) is 12.2 Å². The Bertz CT molecular complexity index is 942. The van der Waals surface area contributed by atoms with Crippen LogP contribution in [0.2, 0.25) is 0 Å². The number of hydrogen-bond donors (Lipinski definition) is 2. The van der Waals surface area contributed by atoms with Crippen LogP contribution in [0.15, 0.2) is 42.7 Å². The molecule has 0 saturated heterocycles. The number of nitrogens with one attached hydrogen (secondary N) is 1. The second-order valence-corrected chi connectivity index (χ2v) is 6.31. The molecule has 0 bridgehead atoms. The predicted molar refractivity (Wildman–Crippen MR) is 98.1 cm³/mol. The lowest BCUT2D eigenvalue weighted by Gasteiger charge is -2.26. The second kappa shape index (κ2) is 7.36. The van der Waals surface area contributed by atoms with E-state index in [4.69, 9.17) is 5.73 Å². The first-order valence-electron chi connectivity index (χ1n) is 8.20. The van der Waals surface area contributed by atoms with Crippen molar-refractivity contribution in [1.82, 2.24) is 19.9 Å². The van der Waals surface area contributed by atoms with E-state index in [-0.39, 0.29) is 6.04 Å². The Balaban J connectivity index is 1.87. The lowest BCUT2D eigenvalue weighted by molar-refractivity contribution is -0.137. The minimum absolute atomic E-state index is 0.293. The number of nitrogen functional groups attached to an aromatic ring is 1. The third-order valence-electron chi connectivity index (χ3n) is 4.20. The maximum Gasteiger partial charge on any atom is 0.416 e. The lowest BCUT2D eigenvalue weighted by Crippen LogP contribution is -2.27. The van der Waals surface area contributed by atoms with E-state index in [0.29, 0.717) is 34.8 Å². The number of hydrogen-bond acceptors (Lipinski definition) is 6. The van der Waals surface area contributed by atoms with Gasteiger partial charge in [-0.15, -0.1) is 0 Å². The van der Waals surface area contributed by atoms with Gasteiger partial charge >= 0.3 is 6.18 Å². The molecule has 3 N–H and O–H groups in total. The Labute approximate surface area is 154 Å². The van der Waals surface area contributed by atoms with Crippen molar-refractivity contribution in [1.29, 1.82) is 0 Å². The lowest BCUT2D eigenvalue weighted by atomic mass is 10.0. The quantitative estimate of drug-likeness (QED) is 0.711. The third-order valence-corrected chi connectivity index (χ3v) is 4.20. The first-order valence-corrected chi connectivity index (χ1v) is 8.20. The number of aromatic nitrogens is 3. The molecule has 0 radical (unpaired) electrons. The topological polar surface area (TPSA) is 80.0 Å². The molecule has 0 fully saturated rings. The minimum Gasteiger partial charge on any atom is -0.384 e. The first-order chi connectivity index (χ1) is 12.8. The number of benzene rings is 1. The molecule has 0 aliphatic heterocycles. The number of nitrogens with two attached hydrogens (primary N) is 1. The average Bonchev–Trinajstić information content (AvgIpc) is 2.61. The molecule has 1 aromatic carbocycles. The Kier molecular flexibility index (Phi) is 5.13. The largest absolute Gasteiger partial charge is 0.416 e. The normalized spacial score (nSPS) is 13.1. The van der Waals surface area contributed by atoms with E-state index in [1.807, 2.05) is 19.0 Å². The van der Waals surface area contributed by atoms with Gasteiger partial charge in [0.15, 0.2) is 5.65 Å². The molecule has 1 atom stereocenters. The van der Waals surface area contributed by atoms with Gasteiger partial charge in [-0.25, -0.2) is 15.0 Å². The van der Waals surface area contributed by atoms with Crippen LogP contribution in [0.4, 0.5) is 24.8 Å². The van der Waals surface area contributed by atoms with Crippen LogP contribution in [0.1, 0.15) is 17.2 Å². The molecule has 3 rings (SSSR count). The van der Waals surface area contributed by atoms with Crippen LogP contribution in [0, 0.1) is 0 Å². The Morgan fingerprint density at radius 1 is 1.15 bits per heavy atom. The van der Waals surface area contributed by atoms with Gasteiger partial charge in [0.1, 0.15) is 18.0 Å². The van der Waals surface area contributed by atoms with Gasteiger partial charge in [-0.3, -0.25) is 0 Å². The summed E-state index contributed by atoms with van der Waals surface area (Å²) in [6, 6.07) is 8.45. The summed E-state index contributed by atoms with van der Waals surface area (Å²) in [6.07, 6.45) is -3.01. The van der Waals surface area contributed by atoms with Crippen LogP contribution in [0.5, 0.6) is 0 Å². The average molecular weight is 376 g/mol. The summed E-state index contributed by atoms with van der Waals surface area (Å²) < 4.78 is 39.1. The molecule has 0 aliphatic carbocycles. The fourth-order valence-electron chi connectivity index (χ4n) is 2.81. The first kappa shape index (κ1) is 18.8. The van der Waals surface area contributed by atoms with Crippen LogP contribution in [0.3, 0.4) is 0 Å². The fourth-order valence-corrected chi connectivity index (χ4v) is 2.81. The molecule has 2 aromatic heterocycles. The SMILES string of the molecule is CN(C)C(CNc1ncnc2nc(N)ccc12)c1cccc(C(F)(F)F)c1. The molecule has 0 saturated carbocycles. The van der Waals surface area contributed by atoms with Crippen LogP contribution in [-0.4, -0.2) is 40.5 Å². The number of halogens is 3. The maximum absolute atomic E-state index is 13.0. The second-order valence-electron chi connectivity index (χ2n) is 6.31. The van der Waals surface area contributed by atoms with Gasteiger partial charge in [-0.1, -0.05) is 12.1 Å². The standard InChI is InChI=1S/C18H19F3N6/c1-27(2)14(11-4-3-5-12(8-11)18(19,20)21)9-23-16-13-6-7-15(22)26-17(13)25-10-24-16/h3-8,10,14H,9H2,1-2H3,(H3,22,23,24,25,26). The molecule has 2 heterocycles. The molecular weight excluding hydrogens is 357 g/mol. The Morgan fingerprint density at radius 3 is 2.63 bits per heavy atom. The van der Waals surface area contributed by atoms with Gasteiger partial charge in [0, 0.05) is 6.54 Å². The summed E-state index contributed by atoms with van der Waals surface area (Å²) in [6.45, 7) is 0.352. The zero-order valence-corrected chi connectivity index (χ0v) is 14.8. The number of nitrogens with zero attached hydrogens (tertiary/aromatic N) is 4. The van der Waals surface area contributed by atoms with Crippen molar-refractivity contribution in [3.05, 3.63) is 53.9 Å². The molecule has 0 aliphatic rings. The van der Waals surface area contributed by atoms with Crippen molar-refractivity contribution in [3.8, 4) is 0 Å². The number of alkyl halides is 3. The third kappa shape index (κ3) is 4.25. The zero-order chi connectivity index (χ0) is 19.6. The van der Waals surface area contributed by atoms with Gasteiger partial charge in [-0.05, 0) is 43.9 Å². The van der Waals surface area contributed by atoms with Gasteiger partial charge in [-0.2, -0.15) is 13.2 Å². The van der Waals surface area contributed by atoms with E-state index >= 15 is 0 Å². The monoisotopic (exact) mass is 376 g/mol. The number of fused-ring (bicyclic) bond motifs is 1. The van der Waals surface area contributed by atoms with Gasteiger partial charge in [0.2, 0.25) is 0 Å². The highest BCUT2D eigenvalue weighted by molar-refractivity contribution is 5.87. The van der Waals surface area contributed by atoms with Crippen LogP contribution in [-0.2, 0) is 6.18 Å².